The Morgan fingerprint density at radius 3 is 2.32 bits per heavy atom. The van der Waals surface area contributed by atoms with Crippen LogP contribution in [0.5, 0.6) is 0 Å². The van der Waals surface area contributed by atoms with Crippen LogP contribution in [0.4, 0.5) is 13.2 Å². The number of aromatic nitrogens is 2. The lowest BCUT2D eigenvalue weighted by atomic mass is 9.96. The molecule has 0 N–H and O–H groups in total. The SMILES string of the molecule is CC(C)(C)c1noc(CN2CCN(C(=O)c3ccccc3C(F)(F)F)CC2)n1. The topological polar surface area (TPSA) is 62.5 Å². The second-order valence-electron chi connectivity index (χ2n) is 7.87. The first-order chi connectivity index (χ1) is 13.1. The highest BCUT2D eigenvalue weighted by Crippen LogP contribution is 2.32. The molecule has 0 bridgehead atoms. The van der Waals surface area contributed by atoms with Gasteiger partial charge in [-0.25, -0.2) is 0 Å². The highest BCUT2D eigenvalue weighted by Gasteiger charge is 2.36. The Labute approximate surface area is 161 Å². The molecule has 28 heavy (non-hydrogen) atoms. The monoisotopic (exact) mass is 396 g/mol. The third-order valence-corrected chi connectivity index (χ3v) is 4.62. The van der Waals surface area contributed by atoms with Crippen LogP contribution in [0.25, 0.3) is 0 Å². The zero-order valence-electron chi connectivity index (χ0n) is 16.1. The lowest BCUT2D eigenvalue weighted by molar-refractivity contribution is -0.138. The van der Waals surface area contributed by atoms with E-state index in [1.54, 1.807) is 0 Å². The highest BCUT2D eigenvalue weighted by atomic mass is 19.4. The van der Waals surface area contributed by atoms with Gasteiger partial charge in [0.25, 0.3) is 5.91 Å². The predicted octanol–water partition coefficient (Wildman–Crippen LogP) is 3.34. The van der Waals surface area contributed by atoms with E-state index >= 15 is 0 Å². The Bertz CT molecular complexity index is 834. The van der Waals surface area contributed by atoms with Gasteiger partial charge in [-0.2, -0.15) is 18.2 Å². The van der Waals surface area contributed by atoms with Crippen molar-refractivity contribution in [2.45, 2.75) is 38.9 Å². The molecule has 1 aliphatic rings. The van der Waals surface area contributed by atoms with E-state index in [4.69, 9.17) is 4.52 Å². The number of carbonyl (C=O) groups is 1. The number of piperazine rings is 1. The van der Waals surface area contributed by atoms with Gasteiger partial charge in [0.1, 0.15) is 0 Å². The lowest BCUT2D eigenvalue weighted by Gasteiger charge is -2.34. The number of benzene rings is 1. The minimum atomic E-state index is -4.56. The number of hydrogen-bond donors (Lipinski definition) is 0. The van der Waals surface area contributed by atoms with E-state index in [2.05, 4.69) is 10.1 Å². The molecular weight excluding hydrogens is 373 g/mol. The van der Waals surface area contributed by atoms with Crippen LogP contribution in [0, 0.1) is 0 Å². The fraction of sp³-hybridized carbons (Fsp3) is 0.526. The second-order valence-corrected chi connectivity index (χ2v) is 7.87. The molecule has 2 heterocycles. The summed E-state index contributed by atoms with van der Waals surface area (Å²) >= 11 is 0. The first-order valence-corrected chi connectivity index (χ1v) is 9.06. The zero-order valence-corrected chi connectivity index (χ0v) is 16.1. The number of halogens is 3. The predicted molar refractivity (Wildman–Crippen MR) is 95.6 cm³/mol. The van der Waals surface area contributed by atoms with Gasteiger partial charge in [-0.1, -0.05) is 38.1 Å². The number of amides is 1. The van der Waals surface area contributed by atoms with E-state index in [0.29, 0.717) is 44.4 Å². The van der Waals surface area contributed by atoms with Crippen molar-refractivity contribution in [2.75, 3.05) is 26.2 Å². The molecule has 3 rings (SSSR count). The van der Waals surface area contributed by atoms with Gasteiger partial charge in [-0.15, -0.1) is 0 Å². The van der Waals surface area contributed by atoms with Crippen molar-refractivity contribution in [2.24, 2.45) is 0 Å². The fourth-order valence-electron chi connectivity index (χ4n) is 3.01. The molecule has 1 aliphatic heterocycles. The van der Waals surface area contributed by atoms with Crippen LogP contribution in [0.1, 0.15) is 48.4 Å². The molecule has 0 radical (unpaired) electrons. The Morgan fingerprint density at radius 1 is 1.11 bits per heavy atom. The van der Waals surface area contributed by atoms with Gasteiger partial charge in [-0.3, -0.25) is 9.69 Å². The minimum absolute atomic E-state index is 0.210. The minimum Gasteiger partial charge on any atom is -0.338 e. The Kier molecular flexibility index (Phi) is 5.47. The Hall–Kier alpha value is -2.42. The van der Waals surface area contributed by atoms with Crippen molar-refractivity contribution in [3.63, 3.8) is 0 Å². The summed E-state index contributed by atoms with van der Waals surface area (Å²) < 4.78 is 44.8. The van der Waals surface area contributed by atoms with E-state index in [1.165, 1.54) is 23.1 Å². The molecule has 6 nitrogen and oxygen atoms in total. The van der Waals surface area contributed by atoms with Gasteiger partial charge >= 0.3 is 6.18 Å². The number of carbonyl (C=O) groups excluding carboxylic acids is 1. The molecule has 1 aromatic carbocycles. The van der Waals surface area contributed by atoms with Crippen molar-refractivity contribution in [3.05, 3.63) is 47.1 Å². The van der Waals surface area contributed by atoms with Gasteiger partial charge in [-0.05, 0) is 12.1 Å². The molecule has 0 saturated carbocycles. The summed E-state index contributed by atoms with van der Waals surface area (Å²) in [6.45, 7) is 8.14. The summed E-state index contributed by atoms with van der Waals surface area (Å²) in [5, 5.41) is 3.98. The number of hydrogen-bond acceptors (Lipinski definition) is 5. The van der Waals surface area contributed by atoms with E-state index in [9.17, 15) is 18.0 Å². The van der Waals surface area contributed by atoms with Crippen molar-refractivity contribution in [1.82, 2.24) is 19.9 Å². The van der Waals surface area contributed by atoms with Gasteiger partial charge in [0.2, 0.25) is 5.89 Å². The molecular formula is C19H23F3N4O2. The standard InChI is InChI=1S/C19H23F3N4O2/c1-18(2,3)17-23-15(28-24-17)12-25-8-10-26(11-9-25)16(27)13-6-4-5-7-14(13)19(20,21)22/h4-7H,8-12H2,1-3H3. The molecule has 2 aromatic rings. The highest BCUT2D eigenvalue weighted by molar-refractivity contribution is 5.96. The number of alkyl halides is 3. The van der Waals surface area contributed by atoms with Gasteiger partial charge in [0.05, 0.1) is 17.7 Å². The third-order valence-electron chi connectivity index (χ3n) is 4.62. The summed E-state index contributed by atoms with van der Waals surface area (Å²) in [5.74, 6) is 0.521. The van der Waals surface area contributed by atoms with Gasteiger partial charge < -0.3 is 9.42 Å². The first-order valence-electron chi connectivity index (χ1n) is 9.06. The van der Waals surface area contributed by atoms with Gasteiger partial charge in [0.15, 0.2) is 5.82 Å². The molecule has 0 atom stereocenters. The van der Waals surface area contributed by atoms with Gasteiger partial charge in [0, 0.05) is 31.6 Å². The fourth-order valence-corrected chi connectivity index (χ4v) is 3.01. The molecule has 9 heteroatoms. The van der Waals surface area contributed by atoms with Crippen molar-refractivity contribution < 1.29 is 22.5 Å². The summed E-state index contributed by atoms with van der Waals surface area (Å²) in [4.78, 5) is 20.5. The molecule has 1 amide bonds. The average molecular weight is 396 g/mol. The van der Waals surface area contributed by atoms with E-state index in [-0.39, 0.29) is 11.0 Å². The van der Waals surface area contributed by atoms with Crippen molar-refractivity contribution in [1.29, 1.82) is 0 Å². The smallest absolute Gasteiger partial charge is 0.338 e. The van der Waals surface area contributed by atoms with Crippen molar-refractivity contribution >= 4 is 5.91 Å². The maximum absolute atomic E-state index is 13.2. The summed E-state index contributed by atoms with van der Waals surface area (Å²) in [6.07, 6.45) is -4.56. The van der Waals surface area contributed by atoms with Crippen LogP contribution in [0.2, 0.25) is 0 Å². The summed E-state index contributed by atoms with van der Waals surface area (Å²) in [5.41, 5.74) is -1.42. The second kappa shape index (κ2) is 7.54. The van der Waals surface area contributed by atoms with Crippen LogP contribution in [0.15, 0.2) is 28.8 Å². The maximum atomic E-state index is 13.2. The third kappa shape index (κ3) is 4.52. The van der Waals surface area contributed by atoms with E-state index in [0.717, 1.165) is 6.07 Å². The molecule has 1 fully saturated rings. The Balaban J connectivity index is 1.61. The van der Waals surface area contributed by atoms with Crippen LogP contribution in [0.3, 0.4) is 0 Å². The lowest BCUT2D eigenvalue weighted by Crippen LogP contribution is -2.48. The molecule has 152 valence electrons. The summed E-state index contributed by atoms with van der Waals surface area (Å²) in [6, 6.07) is 4.89. The maximum Gasteiger partial charge on any atom is 0.417 e. The quantitative estimate of drug-likeness (QED) is 0.796. The van der Waals surface area contributed by atoms with Crippen LogP contribution >= 0.6 is 0 Å². The molecule has 1 saturated heterocycles. The van der Waals surface area contributed by atoms with Crippen LogP contribution in [-0.4, -0.2) is 52.0 Å². The first kappa shape index (κ1) is 20.3. The number of nitrogens with zero attached hydrogens (tertiary/aromatic N) is 4. The van der Waals surface area contributed by atoms with Crippen molar-refractivity contribution in [3.8, 4) is 0 Å². The molecule has 0 aliphatic carbocycles. The average Bonchev–Trinajstić information content (AvgIpc) is 3.10. The molecule has 0 unspecified atom stereocenters. The Morgan fingerprint density at radius 2 is 1.75 bits per heavy atom. The van der Waals surface area contributed by atoms with E-state index in [1.807, 2.05) is 25.7 Å². The zero-order chi connectivity index (χ0) is 20.5. The molecule has 1 aromatic heterocycles. The molecule has 0 spiro atoms. The van der Waals surface area contributed by atoms with Crippen LogP contribution < -0.4 is 0 Å². The normalized spacial score (nSPS) is 16.4. The largest absolute Gasteiger partial charge is 0.417 e. The van der Waals surface area contributed by atoms with Crippen LogP contribution in [-0.2, 0) is 18.1 Å². The number of rotatable bonds is 3. The summed E-state index contributed by atoms with van der Waals surface area (Å²) in [7, 11) is 0. The van der Waals surface area contributed by atoms with E-state index < -0.39 is 17.6 Å².